The largest absolute Gasteiger partial charge is 0.479 e. The van der Waals surface area contributed by atoms with Gasteiger partial charge in [0.2, 0.25) is 5.91 Å². The molecule has 1 atom stereocenters. The Morgan fingerprint density at radius 3 is 2.33 bits per heavy atom. The van der Waals surface area contributed by atoms with E-state index in [0.29, 0.717) is 0 Å². The SMILES string of the molecule is NC(=O)CCNC(=O)NC[C@H](O)C(=O)O. The Morgan fingerprint density at radius 1 is 1.27 bits per heavy atom. The van der Waals surface area contributed by atoms with E-state index in [9.17, 15) is 14.4 Å². The topological polar surface area (TPSA) is 142 Å². The number of urea groups is 1. The number of hydrogen-bond donors (Lipinski definition) is 5. The highest BCUT2D eigenvalue weighted by Gasteiger charge is 2.13. The number of hydrogen-bond acceptors (Lipinski definition) is 4. The lowest BCUT2D eigenvalue weighted by molar-refractivity contribution is -0.146. The lowest BCUT2D eigenvalue weighted by Gasteiger charge is -2.08. The predicted molar refractivity (Wildman–Crippen MR) is 48.9 cm³/mol. The van der Waals surface area contributed by atoms with Gasteiger partial charge in [-0.1, -0.05) is 0 Å². The average Bonchev–Trinajstić information content (AvgIpc) is 2.13. The van der Waals surface area contributed by atoms with Gasteiger partial charge in [-0.15, -0.1) is 0 Å². The lowest BCUT2D eigenvalue weighted by Crippen LogP contribution is -2.42. The Bertz CT molecular complexity index is 255. The molecule has 0 aromatic carbocycles. The first-order valence-electron chi connectivity index (χ1n) is 4.14. The first kappa shape index (κ1) is 13.2. The monoisotopic (exact) mass is 219 g/mol. The van der Waals surface area contributed by atoms with Crippen molar-refractivity contribution in [3.63, 3.8) is 0 Å². The quantitative estimate of drug-likeness (QED) is 0.338. The van der Waals surface area contributed by atoms with Gasteiger partial charge in [-0.05, 0) is 0 Å². The second-order valence-electron chi connectivity index (χ2n) is 2.71. The van der Waals surface area contributed by atoms with E-state index in [1.807, 2.05) is 0 Å². The molecule has 0 unspecified atom stereocenters. The number of nitrogens with two attached hydrogens (primary N) is 1. The zero-order valence-corrected chi connectivity index (χ0v) is 7.90. The maximum Gasteiger partial charge on any atom is 0.334 e. The van der Waals surface area contributed by atoms with Gasteiger partial charge in [0.15, 0.2) is 6.10 Å². The molecule has 0 aliphatic rings. The first-order chi connectivity index (χ1) is 6.93. The van der Waals surface area contributed by atoms with Crippen molar-refractivity contribution in [1.29, 1.82) is 0 Å². The molecule has 0 aliphatic carbocycles. The van der Waals surface area contributed by atoms with Crippen LogP contribution in [-0.2, 0) is 9.59 Å². The van der Waals surface area contributed by atoms with Crippen molar-refractivity contribution >= 4 is 17.9 Å². The minimum absolute atomic E-state index is 0.00506. The van der Waals surface area contributed by atoms with Gasteiger partial charge in [0.05, 0.1) is 6.54 Å². The molecular formula is C7H13N3O5. The molecule has 0 fully saturated rings. The number of nitrogens with one attached hydrogen (secondary N) is 2. The predicted octanol–water partition coefficient (Wildman–Crippen LogP) is -2.39. The zero-order chi connectivity index (χ0) is 11.8. The van der Waals surface area contributed by atoms with Crippen LogP contribution in [0, 0.1) is 0 Å². The van der Waals surface area contributed by atoms with Crippen LogP contribution < -0.4 is 16.4 Å². The normalized spacial score (nSPS) is 11.5. The van der Waals surface area contributed by atoms with Crippen LogP contribution >= 0.6 is 0 Å². The highest BCUT2D eigenvalue weighted by Crippen LogP contribution is 1.80. The number of amides is 3. The number of carbonyl (C=O) groups excluding carboxylic acids is 2. The second-order valence-corrected chi connectivity index (χ2v) is 2.71. The molecule has 86 valence electrons. The van der Waals surface area contributed by atoms with Crippen LogP contribution in [0.2, 0.25) is 0 Å². The summed E-state index contributed by atoms with van der Waals surface area (Å²) in [5, 5.41) is 21.4. The third-order valence-electron chi connectivity index (χ3n) is 1.40. The molecule has 0 aliphatic heterocycles. The van der Waals surface area contributed by atoms with Gasteiger partial charge in [-0.2, -0.15) is 0 Å². The Balaban J connectivity index is 3.57. The fourth-order valence-electron chi connectivity index (χ4n) is 0.638. The molecule has 3 amide bonds. The van der Waals surface area contributed by atoms with Crippen molar-refractivity contribution in [2.75, 3.05) is 13.1 Å². The second kappa shape index (κ2) is 6.60. The summed E-state index contributed by atoms with van der Waals surface area (Å²) in [5.74, 6) is -1.98. The summed E-state index contributed by atoms with van der Waals surface area (Å²) in [7, 11) is 0. The van der Waals surface area contributed by atoms with Gasteiger partial charge >= 0.3 is 12.0 Å². The Hall–Kier alpha value is -1.83. The average molecular weight is 219 g/mol. The van der Waals surface area contributed by atoms with E-state index in [1.165, 1.54) is 0 Å². The third kappa shape index (κ3) is 7.26. The minimum Gasteiger partial charge on any atom is -0.479 e. The summed E-state index contributed by atoms with van der Waals surface area (Å²) in [6, 6.07) is -0.670. The number of aliphatic hydroxyl groups excluding tert-OH is 1. The number of carboxylic acid groups (broad SMARTS) is 1. The number of carboxylic acids is 1. The summed E-state index contributed by atoms with van der Waals surface area (Å²) < 4.78 is 0. The number of aliphatic hydroxyl groups is 1. The van der Waals surface area contributed by atoms with E-state index >= 15 is 0 Å². The highest BCUT2D eigenvalue weighted by molar-refractivity contribution is 5.78. The molecule has 0 bridgehead atoms. The van der Waals surface area contributed by atoms with Crippen LogP contribution in [0.15, 0.2) is 0 Å². The van der Waals surface area contributed by atoms with Gasteiger partial charge in [0, 0.05) is 13.0 Å². The van der Waals surface area contributed by atoms with Crippen LogP contribution in [0.25, 0.3) is 0 Å². The third-order valence-corrected chi connectivity index (χ3v) is 1.40. The standard InChI is InChI=1S/C7H13N3O5/c8-5(12)1-2-9-7(15)10-3-4(11)6(13)14/h4,11H,1-3H2,(H2,8,12)(H,13,14)(H2,9,10,15)/t4-/m0/s1. The highest BCUT2D eigenvalue weighted by atomic mass is 16.4. The summed E-state index contributed by atoms with van der Waals surface area (Å²) in [6.45, 7) is -0.345. The molecule has 0 heterocycles. The van der Waals surface area contributed by atoms with Crippen LogP contribution in [-0.4, -0.2) is 47.3 Å². The summed E-state index contributed by atoms with van der Waals surface area (Å²) in [4.78, 5) is 31.3. The fraction of sp³-hybridized carbons (Fsp3) is 0.571. The minimum atomic E-state index is -1.65. The van der Waals surface area contributed by atoms with Gasteiger partial charge in [0.25, 0.3) is 0 Å². The van der Waals surface area contributed by atoms with Crippen molar-refractivity contribution in [2.24, 2.45) is 5.73 Å². The molecule has 8 nitrogen and oxygen atoms in total. The number of primary amides is 1. The molecule has 8 heteroatoms. The van der Waals surface area contributed by atoms with Crippen LogP contribution in [0.5, 0.6) is 0 Å². The van der Waals surface area contributed by atoms with E-state index in [2.05, 4.69) is 10.6 Å². The van der Waals surface area contributed by atoms with Crippen molar-refractivity contribution in [2.45, 2.75) is 12.5 Å². The first-order valence-corrected chi connectivity index (χ1v) is 4.14. The van der Waals surface area contributed by atoms with Crippen molar-refractivity contribution in [3.8, 4) is 0 Å². The summed E-state index contributed by atoms with van der Waals surface area (Å²) in [6.07, 6.45) is -1.65. The molecule has 0 radical (unpaired) electrons. The maximum absolute atomic E-state index is 10.9. The van der Waals surface area contributed by atoms with Crippen LogP contribution in [0.4, 0.5) is 4.79 Å². The molecule has 0 rings (SSSR count). The lowest BCUT2D eigenvalue weighted by atomic mass is 10.3. The van der Waals surface area contributed by atoms with E-state index in [1.54, 1.807) is 0 Å². The Kier molecular flexibility index (Phi) is 5.79. The van der Waals surface area contributed by atoms with E-state index in [-0.39, 0.29) is 13.0 Å². The zero-order valence-electron chi connectivity index (χ0n) is 7.90. The Morgan fingerprint density at radius 2 is 1.87 bits per heavy atom. The number of rotatable bonds is 6. The molecule has 0 saturated heterocycles. The molecule has 6 N–H and O–H groups in total. The molecule has 15 heavy (non-hydrogen) atoms. The van der Waals surface area contributed by atoms with Crippen LogP contribution in [0.1, 0.15) is 6.42 Å². The van der Waals surface area contributed by atoms with E-state index in [4.69, 9.17) is 15.9 Å². The molecular weight excluding hydrogens is 206 g/mol. The smallest absolute Gasteiger partial charge is 0.334 e. The number of aliphatic carboxylic acids is 1. The van der Waals surface area contributed by atoms with Gasteiger partial charge in [-0.25, -0.2) is 9.59 Å². The van der Waals surface area contributed by atoms with Gasteiger partial charge in [-0.3, -0.25) is 4.79 Å². The molecule has 0 saturated carbocycles. The van der Waals surface area contributed by atoms with Gasteiger partial charge in [0.1, 0.15) is 0 Å². The van der Waals surface area contributed by atoms with Crippen molar-refractivity contribution in [3.05, 3.63) is 0 Å². The Labute approximate surface area is 85.4 Å². The van der Waals surface area contributed by atoms with Crippen LogP contribution in [0.3, 0.4) is 0 Å². The van der Waals surface area contributed by atoms with Crippen molar-refractivity contribution < 1.29 is 24.6 Å². The summed E-state index contributed by atoms with van der Waals surface area (Å²) in [5.41, 5.74) is 4.81. The van der Waals surface area contributed by atoms with Crippen molar-refractivity contribution in [1.82, 2.24) is 10.6 Å². The molecule has 0 aromatic rings. The number of carbonyl (C=O) groups is 3. The maximum atomic E-state index is 10.9. The van der Waals surface area contributed by atoms with E-state index in [0.717, 1.165) is 0 Å². The fourth-order valence-corrected chi connectivity index (χ4v) is 0.638. The van der Waals surface area contributed by atoms with E-state index < -0.39 is 30.6 Å². The van der Waals surface area contributed by atoms with Gasteiger partial charge < -0.3 is 26.6 Å². The summed E-state index contributed by atoms with van der Waals surface area (Å²) >= 11 is 0. The molecule has 0 aromatic heterocycles. The molecule has 0 spiro atoms.